The Morgan fingerprint density at radius 3 is 2.67 bits per heavy atom. The second kappa shape index (κ2) is 6.44. The van der Waals surface area contributed by atoms with E-state index in [2.05, 4.69) is 52.1 Å². The lowest BCUT2D eigenvalue weighted by atomic mass is 9.54. The number of carbonyl (C=O) groups excluding carboxylic acids is 2. The predicted molar refractivity (Wildman–Crippen MR) is 105 cm³/mol. The van der Waals surface area contributed by atoms with Crippen molar-refractivity contribution in [3.05, 3.63) is 35.5 Å². The first-order chi connectivity index (χ1) is 12.8. The number of hydrogen-bond acceptors (Lipinski definition) is 3. The van der Waals surface area contributed by atoms with Gasteiger partial charge < -0.3 is 10.1 Å². The van der Waals surface area contributed by atoms with E-state index in [0.717, 1.165) is 12.8 Å². The summed E-state index contributed by atoms with van der Waals surface area (Å²) in [6, 6.07) is 0.0137. The summed E-state index contributed by atoms with van der Waals surface area (Å²) in [5, 5.41) is 3.22. The monoisotopic (exact) mass is 369 g/mol. The SMILES string of the molecule is CC1=C[C@@H]2/C=C(\C)CCC3OC3/C=C/C(=O)[C@@]23C(=O)NC(C(C)C)[C@@H]3[C@@H]1C. The second-order valence-electron chi connectivity index (χ2n) is 9.28. The Morgan fingerprint density at radius 1 is 1.22 bits per heavy atom. The van der Waals surface area contributed by atoms with Gasteiger partial charge in [-0.05, 0) is 50.7 Å². The van der Waals surface area contributed by atoms with Gasteiger partial charge in [0.05, 0.1) is 6.10 Å². The quantitative estimate of drug-likeness (QED) is 0.437. The van der Waals surface area contributed by atoms with Crippen LogP contribution in [0.25, 0.3) is 0 Å². The van der Waals surface area contributed by atoms with Gasteiger partial charge in [0.1, 0.15) is 11.5 Å². The summed E-state index contributed by atoms with van der Waals surface area (Å²) in [6.45, 7) is 10.7. The molecule has 2 fully saturated rings. The summed E-state index contributed by atoms with van der Waals surface area (Å²) in [4.78, 5) is 27.1. The Morgan fingerprint density at radius 2 is 1.96 bits per heavy atom. The molecule has 0 aromatic carbocycles. The van der Waals surface area contributed by atoms with Gasteiger partial charge in [0, 0.05) is 17.9 Å². The molecule has 146 valence electrons. The third-order valence-corrected chi connectivity index (χ3v) is 7.28. The van der Waals surface area contributed by atoms with E-state index in [9.17, 15) is 9.59 Å². The highest BCUT2D eigenvalue weighted by molar-refractivity contribution is 6.13. The molecule has 4 heteroatoms. The fourth-order valence-electron chi connectivity index (χ4n) is 5.56. The van der Waals surface area contributed by atoms with Crippen molar-refractivity contribution in [3.8, 4) is 0 Å². The molecule has 7 atom stereocenters. The van der Waals surface area contributed by atoms with Crippen molar-refractivity contribution in [3.63, 3.8) is 0 Å². The molecular formula is C23H31NO3. The molecule has 1 N–H and O–H groups in total. The maximum atomic E-state index is 13.6. The summed E-state index contributed by atoms with van der Waals surface area (Å²) in [5.74, 6) is 0.0944. The molecule has 2 saturated heterocycles. The molecule has 2 aliphatic carbocycles. The highest BCUT2D eigenvalue weighted by Crippen LogP contribution is 2.55. The lowest BCUT2D eigenvalue weighted by Crippen LogP contribution is -2.52. The fourth-order valence-corrected chi connectivity index (χ4v) is 5.56. The number of rotatable bonds is 1. The third-order valence-electron chi connectivity index (χ3n) is 7.28. The molecule has 1 spiro atoms. The van der Waals surface area contributed by atoms with Gasteiger partial charge in [0.15, 0.2) is 5.78 Å². The van der Waals surface area contributed by atoms with E-state index >= 15 is 0 Å². The number of allylic oxidation sites excluding steroid dienone is 5. The van der Waals surface area contributed by atoms with E-state index in [1.165, 1.54) is 11.1 Å². The lowest BCUT2D eigenvalue weighted by Gasteiger charge is -2.45. The maximum Gasteiger partial charge on any atom is 0.235 e. The Kier molecular flexibility index (Phi) is 4.45. The van der Waals surface area contributed by atoms with Gasteiger partial charge in [-0.3, -0.25) is 9.59 Å². The van der Waals surface area contributed by atoms with Crippen LogP contribution in [0.2, 0.25) is 0 Å². The van der Waals surface area contributed by atoms with Crippen molar-refractivity contribution in [1.29, 1.82) is 0 Å². The largest absolute Gasteiger partial charge is 0.365 e. The van der Waals surface area contributed by atoms with Crippen LogP contribution in [-0.4, -0.2) is 29.9 Å². The molecule has 2 heterocycles. The number of hydrogen-bond donors (Lipinski definition) is 1. The van der Waals surface area contributed by atoms with Gasteiger partial charge in [0.2, 0.25) is 5.91 Å². The Balaban J connectivity index is 1.90. The van der Waals surface area contributed by atoms with Crippen LogP contribution in [0.3, 0.4) is 0 Å². The van der Waals surface area contributed by atoms with Crippen LogP contribution >= 0.6 is 0 Å². The molecule has 4 aliphatic rings. The van der Waals surface area contributed by atoms with Crippen molar-refractivity contribution < 1.29 is 14.3 Å². The first-order valence-corrected chi connectivity index (χ1v) is 10.3. The van der Waals surface area contributed by atoms with Crippen LogP contribution in [-0.2, 0) is 14.3 Å². The standard InChI is InChI=1S/C23H31NO3/c1-12(2)21-20-15(5)14(4)11-16-10-13(3)6-7-17-18(27-17)8-9-19(25)23(16,20)22(26)24-21/h8-12,15-18,20-21H,6-7H2,1-5H3,(H,24,26)/b9-8+,13-10+/t15-,16+,17?,18?,20+,21?,23+/m1/s1. The molecule has 4 nitrogen and oxygen atoms in total. The normalized spacial score (nSPS) is 46.9. The predicted octanol–water partition coefficient (Wildman–Crippen LogP) is 3.59. The number of epoxide rings is 1. The van der Waals surface area contributed by atoms with Crippen LogP contribution < -0.4 is 5.32 Å². The Labute approximate surface area is 162 Å². The molecule has 0 bridgehead atoms. The van der Waals surface area contributed by atoms with Gasteiger partial charge in [-0.15, -0.1) is 0 Å². The molecule has 2 aliphatic heterocycles. The lowest BCUT2D eigenvalue weighted by molar-refractivity contribution is -0.142. The molecular weight excluding hydrogens is 338 g/mol. The third kappa shape index (κ3) is 2.75. The summed E-state index contributed by atoms with van der Waals surface area (Å²) < 4.78 is 5.68. The van der Waals surface area contributed by atoms with Gasteiger partial charge in [-0.1, -0.05) is 44.1 Å². The zero-order chi connectivity index (χ0) is 19.5. The minimum atomic E-state index is -1.04. The highest BCUT2D eigenvalue weighted by atomic mass is 16.6. The van der Waals surface area contributed by atoms with Crippen LogP contribution in [0.5, 0.6) is 0 Å². The van der Waals surface area contributed by atoms with E-state index < -0.39 is 5.41 Å². The number of ketones is 1. The number of carbonyl (C=O) groups is 2. The highest BCUT2D eigenvalue weighted by Gasteiger charge is 2.65. The Bertz CT molecular complexity index is 762. The van der Waals surface area contributed by atoms with Gasteiger partial charge >= 0.3 is 0 Å². The van der Waals surface area contributed by atoms with E-state index in [4.69, 9.17) is 4.74 Å². The first-order valence-electron chi connectivity index (χ1n) is 10.3. The van der Waals surface area contributed by atoms with E-state index in [-0.39, 0.29) is 53.6 Å². The van der Waals surface area contributed by atoms with E-state index in [1.807, 2.05) is 6.08 Å². The zero-order valence-corrected chi connectivity index (χ0v) is 17.0. The maximum absolute atomic E-state index is 13.6. The minimum Gasteiger partial charge on any atom is -0.365 e. The smallest absolute Gasteiger partial charge is 0.235 e. The van der Waals surface area contributed by atoms with E-state index in [1.54, 1.807) is 6.08 Å². The topological polar surface area (TPSA) is 58.7 Å². The zero-order valence-electron chi connectivity index (χ0n) is 17.0. The van der Waals surface area contributed by atoms with Crippen molar-refractivity contribution >= 4 is 11.7 Å². The average Bonchev–Trinajstić information content (AvgIpc) is 3.28. The van der Waals surface area contributed by atoms with Gasteiger partial charge in [-0.2, -0.15) is 0 Å². The first kappa shape index (κ1) is 18.7. The molecule has 4 rings (SSSR count). The summed E-state index contributed by atoms with van der Waals surface area (Å²) in [6.07, 6.45) is 10.0. The van der Waals surface area contributed by atoms with Crippen molar-refractivity contribution in [2.75, 3.05) is 0 Å². The molecule has 3 unspecified atom stereocenters. The van der Waals surface area contributed by atoms with Crippen molar-refractivity contribution in [2.45, 2.75) is 65.7 Å². The van der Waals surface area contributed by atoms with Crippen molar-refractivity contribution in [1.82, 2.24) is 5.32 Å². The summed E-state index contributed by atoms with van der Waals surface area (Å²) in [5.41, 5.74) is 1.48. The average molecular weight is 370 g/mol. The number of ether oxygens (including phenoxy) is 1. The Hall–Kier alpha value is -1.68. The van der Waals surface area contributed by atoms with Crippen LogP contribution in [0.15, 0.2) is 35.5 Å². The van der Waals surface area contributed by atoms with Gasteiger partial charge in [0.25, 0.3) is 0 Å². The molecule has 0 saturated carbocycles. The number of nitrogens with one attached hydrogen (secondary N) is 1. The molecule has 27 heavy (non-hydrogen) atoms. The second-order valence-corrected chi connectivity index (χ2v) is 9.28. The molecule has 0 aromatic rings. The fraction of sp³-hybridized carbons (Fsp3) is 0.652. The van der Waals surface area contributed by atoms with Gasteiger partial charge in [-0.25, -0.2) is 0 Å². The molecule has 1 amide bonds. The number of amides is 1. The van der Waals surface area contributed by atoms with Crippen LogP contribution in [0, 0.1) is 29.1 Å². The van der Waals surface area contributed by atoms with Crippen LogP contribution in [0.4, 0.5) is 0 Å². The summed E-state index contributed by atoms with van der Waals surface area (Å²) in [7, 11) is 0. The summed E-state index contributed by atoms with van der Waals surface area (Å²) >= 11 is 0. The minimum absolute atomic E-state index is 0.0137. The number of fused-ring (bicyclic) bond motifs is 1. The van der Waals surface area contributed by atoms with Crippen molar-refractivity contribution in [2.24, 2.45) is 29.1 Å². The van der Waals surface area contributed by atoms with Crippen LogP contribution in [0.1, 0.15) is 47.5 Å². The molecule has 0 aromatic heterocycles. The van der Waals surface area contributed by atoms with E-state index in [0.29, 0.717) is 0 Å². The molecule has 0 radical (unpaired) electrons.